The van der Waals surface area contributed by atoms with Crippen LogP contribution in [-0.2, 0) is 11.3 Å². The molecule has 31 heavy (non-hydrogen) atoms. The SMILES string of the molecule is Cc1cc(C)cc(-n2c(=O)c3ccccc3n(CC(=O)Nc3cccc(Cl)c3)c2=O)c1. The monoisotopic (exact) mass is 433 g/mol. The van der Waals surface area contributed by atoms with E-state index >= 15 is 0 Å². The van der Waals surface area contributed by atoms with E-state index in [1.807, 2.05) is 19.9 Å². The van der Waals surface area contributed by atoms with Crippen molar-refractivity contribution in [2.75, 3.05) is 5.32 Å². The first kappa shape index (κ1) is 20.6. The van der Waals surface area contributed by atoms with Gasteiger partial charge in [-0.05, 0) is 67.4 Å². The van der Waals surface area contributed by atoms with E-state index in [0.29, 0.717) is 27.3 Å². The first-order chi connectivity index (χ1) is 14.8. The van der Waals surface area contributed by atoms with Gasteiger partial charge in [-0.2, -0.15) is 0 Å². The topological polar surface area (TPSA) is 73.1 Å². The summed E-state index contributed by atoms with van der Waals surface area (Å²) in [6.45, 7) is 3.55. The molecule has 0 aliphatic rings. The maximum Gasteiger partial charge on any atom is 0.336 e. The Morgan fingerprint density at radius 2 is 1.65 bits per heavy atom. The number of carbonyl (C=O) groups is 1. The Balaban J connectivity index is 1.86. The number of carbonyl (C=O) groups excluding carboxylic acids is 1. The van der Waals surface area contributed by atoms with Crippen LogP contribution in [0.15, 0.2) is 76.3 Å². The molecule has 0 unspecified atom stereocenters. The minimum atomic E-state index is -0.574. The van der Waals surface area contributed by atoms with Crippen molar-refractivity contribution in [2.24, 2.45) is 0 Å². The molecule has 0 atom stereocenters. The average Bonchev–Trinajstić information content (AvgIpc) is 2.70. The summed E-state index contributed by atoms with van der Waals surface area (Å²) in [4.78, 5) is 39.3. The fraction of sp³-hybridized carbons (Fsp3) is 0.125. The zero-order valence-corrected chi connectivity index (χ0v) is 17.8. The second kappa shape index (κ2) is 8.24. The number of benzene rings is 3. The van der Waals surface area contributed by atoms with Gasteiger partial charge in [0.2, 0.25) is 5.91 Å². The number of amides is 1. The van der Waals surface area contributed by atoms with Gasteiger partial charge < -0.3 is 5.32 Å². The van der Waals surface area contributed by atoms with Crippen LogP contribution < -0.4 is 16.6 Å². The highest BCUT2D eigenvalue weighted by Gasteiger charge is 2.17. The average molecular weight is 434 g/mol. The van der Waals surface area contributed by atoms with Gasteiger partial charge >= 0.3 is 5.69 Å². The third-order valence-electron chi connectivity index (χ3n) is 4.93. The molecule has 0 fully saturated rings. The van der Waals surface area contributed by atoms with E-state index in [4.69, 9.17) is 11.6 Å². The highest BCUT2D eigenvalue weighted by atomic mass is 35.5. The summed E-state index contributed by atoms with van der Waals surface area (Å²) in [6.07, 6.45) is 0. The van der Waals surface area contributed by atoms with Crippen LogP contribution in [0.5, 0.6) is 0 Å². The number of aryl methyl sites for hydroxylation is 2. The van der Waals surface area contributed by atoms with Gasteiger partial charge in [-0.25, -0.2) is 9.36 Å². The van der Waals surface area contributed by atoms with Crippen LogP contribution in [0.3, 0.4) is 0 Å². The van der Waals surface area contributed by atoms with Crippen LogP contribution in [0.2, 0.25) is 5.02 Å². The number of rotatable bonds is 4. The summed E-state index contributed by atoms with van der Waals surface area (Å²) in [7, 11) is 0. The smallest absolute Gasteiger partial charge is 0.324 e. The molecule has 1 N–H and O–H groups in total. The lowest BCUT2D eigenvalue weighted by molar-refractivity contribution is -0.116. The minimum absolute atomic E-state index is 0.253. The summed E-state index contributed by atoms with van der Waals surface area (Å²) in [6, 6.07) is 19.1. The highest BCUT2D eigenvalue weighted by molar-refractivity contribution is 6.30. The van der Waals surface area contributed by atoms with Crippen molar-refractivity contribution in [1.82, 2.24) is 9.13 Å². The van der Waals surface area contributed by atoms with E-state index in [-0.39, 0.29) is 6.54 Å². The van der Waals surface area contributed by atoms with Crippen molar-refractivity contribution in [3.63, 3.8) is 0 Å². The third-order valence-corrected chi connectivity index (χ3v) is 5.16. The van der Waals surface area contributed by atoms with Gasteiger partial charge in [-0.1, -0.05) is 35.9 Å². The fourth-order valence-corrected chi connectivity index (χ4v) is 3.88. The molecule has 6 nitrogen and oxygen atoms in total. The molecule has 0 radical (unpaired) electrons. The normalized spacial score (nSPS) is 10.9. The second-order valence-electron chi connectivity index (χ2n) is 7.43. The number of nitrogens with zero attached hydrogens (tertiary/aromatic N) is 2. The Hall–Kier alpha value is -3.64. The molecular formula is C24H20ClN3O3. The Morgan fingerprint density at radius 3 is 2.35 bits per heavy atom. The Labute approximate surface area is 183 Å². The summed E-state index contributed by atoms with van der Waals surface area (Å²) in [5.41, 5.74) is 2.27. The predicted molar refractivity (Wildman–Crippen MR) is 123 cm³/mol. The number of hydrogen-bond donors (Lipinski definition) is 1. The lowest BCUT2D eigenvalue weighted by Gasteiger charge is -2.15. The fourth-order valence-electron chi connectivity index (χ4n) is 3.69. The first-order valence-corrected chi connectivity index (χ1v) is 10.1. The molecule has 0 aliphatic heterocycles. The van der Waals surface area contributed by atoms with E-state index in [1.54, 1.807) is 60.7 Å². The van der Waals surface area contributed by atoms with Gasteiger partial charge in [0.1, 0.15) is 6.54 Å². The molecular weight excluding hydrogens is 414 g/mol. The lowest BCUT2D eigenvalue weighted by atomic mass is 10.1. The number of hydrogen-bond acceptors (Lipinski definition) is 3. The van der Waals surface area contributed by atoms with Crippen LogP contribution in [0.25, 0.3) is 16.6 Å². The van der Waals surface area contributed by atoms with Crippen LogP contribution in [0.1, 0.15) is 11.1 Å². The zero-order chi connectivity index (χ0) is 22.1. The standard InChI is InChI=1S/C24H20ClN3O3/c1-15-10-16(2)12-19(11-15)28-23(30)20-8-3-4-9-21(20)27(24(28)31)14-22(29)26-18-7-5-6-17(25)13-18/h3-13H,14H2,1-2H3,(H,26,29). The quantitative estimate of drug-likeness (QED) is 0.527. The van der Waals surface area contributed by atoms with E-state index < -0.39 is 17.2 Å². The van der Waals surface area contributed by atoms with Crippen molar-refractivity contribution < 1.29 is 4.79 Å². The molecule has 1 heterocycles. The minimum Gasteiger partial charge on any atom is -0.324 e. The van der Waals surface area contributed by atoms with Crippen molar-refractivity contribution in [1.29, 1.82) is 0 Å². The molecule has 0 bridgehead atoms. The summed E-state index contributed by atoms with van der Waals surface area (Å²) < 4.78 is 2.43. The Kier molecular flexibility index (Phi) is 5.48. The molecule has 3 aromatic carbocycles. The largest absolute Gasteiger partial charge is 0.336 e. The van der Waals surface area contributed by atoms with E-state index in [0.717, 1.165) is 15.7 Å². The van der Waals surface area contributed by atoms with Crippen LogP contribution >= 0.6 is 11.6 Å². The van der Waals surface area contributed by atoms with Crippen molar-refractivity contribution in [3.05, 3.63) is 104 Å². The first-order valence-electron chi connectivity index (χ1n) is 9.72. The molecule has 0 spiro atoms. The number of halogens is 1. The zero-order valence-electron chi connectivity index (χ0n) is 17.1. The number of anilines is 1. The molecule has 156 valence electrons. The van der Waals surface area contributed by atoms with Crippen LogP contribution in [0, 0.1) is 13.8 Å². The second-order valence-corrected chi connectivity index (χ2v) is 7.87. The van der Waals surface area contributed by atoms with Gasteiger partial charge in [0.15, 0.2) is 0 Å². The number of aromatic nitrogens is 2. The van der Waals surface area contributed by atoms with Gasteiger partial charge in [0, 0.05) is 10.7 Å². The molecule has 7 heteroatoms. The predicted octanol–water partition coefficient (Wildman–Crippen LogP) is 4.06. The molecule has 0 saturated heterocycles. The van der Waals surface area contributed by atoms with Crippen LogP contribution in [0.4, 0.5) is 5.69 Å². The molecule has 4 aromatic rings. The molecule has 1 aromatic heterocycles. The van der Waals surface area contributed by atoms with E-state index in [2.05, 4.69) is 5.32 Å². The maximum absolute atomic E-state index is 13.4. The molecule has 1 amide bonds. The molecule has 0 saturated carbocycles. The summed E-state index contributed by atoms with van der Waals surface area (Å²) in [5, 5.41) is 3.59. The van der Waals surface area contributed by atoms with Crippen molar-refractivity contribution in [3.8, 4) is 5.69 Å². The third kappa shape index (κ3) is 4.15. The summed E-state index contributed by atoms with van der Waals surface area (Å²) in [5.74, 6) is -0.403. The molecule has 4 rings (SSSR count). The number of para-hydroxylation sites is 1. The van der Waals surface area contributed by atoms with Gasteiger partial charge in [-0.15, -0.1) is 0 Å². The van der Waals surface area contributed by atoms with Crippen molar-refractivity contribution >= 4 is 34.1 Å². The molecule has 0 aliphatic carbocycles. The Morgan fingerprint density at radius 1 is 0.935 bits per heavy atom. The Bertz CT molecular complexity index is 1420. The summed E-state index contributed by atoms with van der Waals surface area (Å²) >= 11 is 5.98. The van der Waals surface area contributed by atoms with Gasteiger partial charge in [-0.3, -0.25) is 14.2 Å². The van der Waals surface area contributed by atoms with Crippen LogP contribution in [-0.4, -0.2) is 15.0 Å². The number of nitrogens with one attached hydrogen (secondary N) is 1. The van der Waals surface area contributed by atoms with E-state index in [9.17, 15) is 14.4 Å². The van der Waals surface area contributed by atoms with Gasteiger partial charge in [0.25, 0.3) is 5.56 Å². The maximum atomic E-state index is 13.4. The lowest BCUT2D eigenvalue weighted by Crippen LogP contribution is -2.40. The number of fused-ring (bicyclic) bond motifs is 1. The highest BCUT2D eigenvalue weighted by Crippen LogP contribution is 2.16. The van der Waals surface area contributed by atoms with Crippen molar-refractivity contribution in [2.45, 2.75) is 20.4 Å². The van der Waals surface area contributed by atoms with E-state index in [1.165, 1.54) is 4.57 Å². The van der Waals surface area contributed by atoms with Gasteiger partial charge in [0.05, 0.1) is 16.6 Å².